The highest BCUT2D eigenvalue weighted by molar-refractivity contribution is 5.88. The van der Waals surface area contributed by atoms with Crippen molar-refractivity contribution >= 4 is 5.97 Å². The Balaban J connectivity index is 2.19. The van der Waals surface area contributed by atoms with E-state index in [-0.39, 0.29) is 0 Å². The highest BCUT2D eigenvalue weighted by atomic mass is 16.5. The molecule has 1 fully saturated rings. The molecule has 0 spiro atoms. The highest BCUT2D eigenvalue weighted by Gasteiger charge is 2.31. The minimum atomic E-state index is -0.811. The second kappa shape index (κ2) is 5.98. The van der Waals surface area contributed by atoms with Gasteiger partial charge in [-0.3, -0.25) is 0 Å². The van der Waals surface area contributed by atoms with Crippen molar-refractivity contribution in [2.45, 2.75) is 18.9 Å². The van der Waals surface area contributed by atoms with Gasteiger partial charge in [0.25, 0.3) is 0 Å². The summed E-state index contributed by atoms with van der Waals surface area (Å²) in [5, 5.41) is 12.9. The van der Waals surface area contributed by atoms with E-state index in [0.717, 1.165) is 0 Å². The summed E-state index contributed by atoms with van der Waals surface area (Å²) in [7, 11) is 0. The lowest BCUT2D eigenvalue weighted by atomic mass is 10.0. The van der Waals surface area contributed by atoms with Crippen molar-refractivity contribution in [3.8, 4) is 0 Å². The first-order valence-corrected chi connectivity index (χ1v) is 5.43. The van der Waals surface area contributed by atoms with Crippen LogP contribution < -0.4 is 5.32 Å². The molecule has 16 heavy (non-hydrogen) atoms. The third kappa shape index (κ3) is 3.92. The van der Waals surface area contributed by atoms with E-state index in [1.807, 2.05) is 0 Å². The number of hydrogen-bond donors (Lipinski definition) is 2. The quantitative estimate of drug-likeness (QED) is 0.489. The maximum atomic E-state index is 11.2. The molecule has 0 saturated carbocycles. The molecule has 0 radical (unpaired) electrons. The van der Waals surface area contributed by atoms with Gasteiger partial charge in [0.2, 0.25) is 0 Å². The topological polar surface area (TPSA) is 67.8 Å². The molecule has 1 aliphatic heterocycles. The summed E-state index contributed by atoms with van der Waals surface area (Å²) < 4.78 is 9.89. The van der Waals surface area contributed by atoms with Crippen LogP contribution in [-0.2, 0) is 14.3 Å². The Morgan fingerprint density at radius 2 is 2.44 bits per heavy atom. The predicted octanol–water partition coefficient (Wildman–Crippen LogP) is -0.153. The van der Waals surface area contributed by atoms with Gasteiger partial charge in [0, 0.05) is 31.7 Å². The number of nitrogens with one attached hydrogen (secondary N) is 1. The van der Waals surface area contributed by atoms with E-state index in [1.54, 1.807) is 6.92 Å². The van der Waals surface area contributed by atoms with Crippen LogP contribution in [0.2, 0.25) is 0 Å². The van der Waals surface area contributed by atoms with Gasteiger partial charge in [-0.05, 0) is 6.92 Å². The van der Waals surface area contributed by atoms with Crippen LogP contribution in [0, 0.1) is 0 Å². The van der Waals surface area contributed by atoms with E-state index in [4.69, 9.17) is 9.47 Å². The first-order chi connectivity index (χ1) is 7.57. The summed E-state index contributed by atoms with van der Waals surface area (Å²) >= 11 is 0. The van der Waals surface area contributed by atoms with E-state index in [0.29, 0.717) is 44.9 Å². The Morgan fingerprint density at radius 3 is 3.00 bits per heavy atom. The Labute approximate surface area is 95.4 Å². The molecule has 1 unspecified atom stereocenters. The molecule has 0 aliphatic carbocycles. The average molecular weight is 229 g/mol. The van der Waals surface area contributed by atoms with Gasteiger partial charge in [-0.15, -0.1) is 0 Å². The van der Waals surface area contributed by atoms with Crippen LogP contribution in [0.5, 0.6) is 0 Å². The summed E-state index contributed by atoms with van der Waals surface area (Å²) in [5.41, 5.74) is -0.445. The zero-order valence-electron chi connectivity index (χ0n) is 9.62. The van der Waals surface area contributed by atoms with Crippen molar-refractivity contribution in [2.75, 3.05) is 32.9 Å². The lowest BCUT2D eigenvalue weighted by Gasteiger charge is -2.20. The number of carbonyl (C=O) groups is 1. The number of esters is 1. The molecule has 0 aromatic heterocycles. The van der Waals surface area contributed by atoms with Crippen molar-refractivity contribution in [1.82, 2.24) is 5.32 Å². The second-order valence-corrected chi connectivity index (χ2v) is 3.95. The Kier molecular flexibility index (Phi) is 4.92. The Hall–Kier alpha value is -0.910. The van der Waals surface area contributed by atoms with Crippen LogP contribution >= 0.6 is 0 Å². The highest BCUT2D eigenvalue weighted by Crippen LogP contribution is 2.16. The third-order valence-electron chi connectivity index (χ3n) is 2.44. The summed E-state index contributed by atoms with van der Waals surface area (Å²) in [4.78, 5) is 11.2. The minimum Gasteiger partial charge on any atom is -0.463 e. The number of ether oxygens (including phenoxy) is 2. The third-order valence-corrected chi connectivity index (χ3v) is 2.44. The van der Waals surface area contributed by atoms with Crippen LogP contribution in [0.25, 0.3) is 0 Å². The summed E-state index contributed by atoms with van der Waals surface area (Å²) in [6.45, 7) is 7.33. The molecule has 1 rings (SSSR count). The van der Waals surface area contributed by atoms with Crippen LogP contribution in [0.4, 0.5) is 0 Å². The number of aliphatic hydroxyl groups is 1. The van der Waals surface area contributed by atoms with Crippen molar-refractivity contribution < 1.29 is 19.4 Å². The normalized spacial score (nSPS) is 24.4. The maximum absolute atomic E-state index is 11.2. The fourth-order valence-corrected chi connectivity index (χ4v) is 1.49. The number of carbonyl (C=O) groups excluding carboxylic acids is 1. The van der Waals surface area contributed by atoms with Crippen molar-refractivity contribution in [3.63, 3.8) is 0 Å². The summed E-state index contributed by atoms with van der Waals surface area (Å²) in [6, 6.07) is 0. The fourth-order valence-electron chi connectivity index (χ4n) is 1.49. The largest absolute Gasteiger partial charge is 0.463 e. The van der Waals surface area contributed by atoms with E-state index in [1.165, 1.54) is 0 Å². The monoisotopic (exact) mass is 229 g/mol. The van der Waals surface area contributed by atoms with E-state index < -0.39 is 11.6 Å². The molecular formula is C11H19NO4. The zero-order chi connectivity index (χ0) is 12.0. The first-order valence-electron chi connectivity index (χ1n) is 5.43. The van der Waals surface area contributed by atoms with Gasteiger partial charge in [0.1, 0.15) is 5.60 Å². The van der Waals surface area contributed by atoms with Gasteiger partial charge >= 0.3 is 5.97 Å². The standard InChI is InChI=1S/C11H19NO4/c1-3-16-10(13)9(2)6-12-7-11(14)4-5-15-8-11/h12,14H,2-8H2,1H3. The molecule has 1 aliphatic rings. The molecule has 92 valence electrons. The molecular weight excluding hydrogens is 210 g/mol. The summed E-state index contributed by atoms with van der Waals surface area (Å²) in [5.74, 6) is -0.398. The molecule has 0 bridgehead atoms. The van der Waals surface area contributed by atoms with Crippen molar-refractivity contribution in [2.24, 2.45) is 0 Å². The Morgan fingerprint density at radius 1 is 1.69 bits per heavy atom. The van der Waals surface area contributed by atoms with E-state index in [9.17, 15) is 9.90 Å². The van der Waals surface area contributed by atoms with Crippen molar-refractivity contribution in [3.05, 3.63) is 12.2 Å². The SMILES string of the molecule is C=C(CNCC1(O)CCOC1)C(=O)OCC. The Bertz CT molecular complexity index is 259. The van der Waals surface area contributed by atoms with Crippen LogP contribution in [-0.4, -0.2) is 49.6 Å². The predicted molar refractivity (Wildman–Crippen MR) is 59.0 cm³/mol. The fraction of sp³-hybridized carbons (Fsp3) is 0.727. The smallest absolute Gasteiger partial charge is 0.334 e. The van der Waals surface area contributed by atoms with Gasteiger partial charge < -0.3 is 19.9 Å². The maximum Gasteiger partial charge on any atom is 0.334 e. The zero-order valence-corrected chi connectivity index (χ0v) is 9.62. The van der Waals surface area contributed by atoms with E-state index in [2.05, 4.69) is 11.9 Å². The number of rotatable bonds is 6. The van der Waals surface area contributed by atoms with Gasteiger partial charge in [0.05, 0.1) is 13.2 Å². The average Bonchev–Trinajstić information content (AvgIpc) is 2.65. The molecule has 1 atom stereocenters. The van der Waals surface area contributed by atoms with Gasteiger partial charge in [0.15, 0.2) is 0 Å². The molecule has 0 amide bonds. The van der Waals surface area contributed by atoms with Crippen LogP contribution in [0.3, 0.4) is 0 Å². The van der Waals surface area contributed by atoms with Crippen LogP contribution in [0.1, 0.15) is 13.3 Å². The van der Waals surface area contributed by atoms with Gasteiger partial charge in [-0.1, -0.05) is 6.58 Å². The van der Waals surface area contributed by atoms with Gasteiger partial charge in [-0.2, -0.15) is 0 Å². The molecule has 5 heteroatoms. The lowest BCUT2D eigenvalue weighted by molar-refractivity contribution is -0.138. The van der Waals surface area contributed by atoms with E-state index >= 15 is 0 Å². The summed E-state index contributed by atoms with van der Waals surface area (Å²) in [6.07, 6.45) is 0.617. The molecule has 1 heterocycles. The molecule has 1 saturated heterocycles. The molecule has 2 N–H and O–H groups in total. The van der Waals surface area contributed by atoms with Crippen molar-refractivity contribution in [1.29, 1.82) is 0 Å². The minimum absolute atomic E-state index is 0.321. The molecule has 0 aromatic rings. The number of hydrogen-bond acceptors (Lipinski definition) is 5. The first kappa shape index (κ1) is 13.2. The molecule has 0 aromatic carbocycles. The molecule has 5 nitrogen and oxygen atoms in total. The lowest BCUT2D eigenvalue weighted by Crippen LogP contribution is -2.42. The van der Waals surface area contributed by atoms with Gasteiger partial charge in [-0.25, -0.2) is 4.79 Å². The van der Waals surface area contributed by atoms with Crippen LogP contribution in [0.15, 0.2) is 12.2 Å². The second-order valence-electron chi connectivity index (χ2n) is 3.95.